The van der Waals surface area contributed by atoms with Crippen LogP contribution in [0, 0.1) is 5.82 Å². The summed E-state index contributed by atoms with van der Waals surface area (Å²) in [6.45, 7) is 0. The van der Waals surface area contributed by atoms with Gasteiger partial charge < -0.3 is 21.1 Å². The lowest BCUT2D eigenvalue weighted by Gasteiger charge is -2.20. The van der Waals surface area contributed by atoms with Crippen LogP contribution in [0.2, 0.25) is 5.02 Å². The number of anilines is 3. The fourth-order valence-electron chi connectivity index (χ4n) is 2.67. The average Bonchev–Trinajstić information content (AvgIpc) is 2.65. The molecule has 0 atom stereocenters. The molecule has 9 heteroatoms. The van der Waals surface area contributed by atoms with Gasteiger partial charge in [0.15, 0.2) is 5.82 Å². The van der Waals surface area contributed by atoms with Crippen LogP contribution >= 0.6 is 11.6 Å². The van der Waals surface area contributed by atoms with Gasteiger partial charge in [0.1, 0.15) is 5.82 Å². The van der Waals surface area contributed by atoms with Crippen LogP contribution in [0.15, 0.2) is 42.7 Å². The van der Waals surface area contributed by atoms with Crippen molar-refractivity contribution in [3.63, 3.8) is 0 Å². The number of amides is 1. The molecule has 28 heavy (non-hydrogen) atoms. The third-order valence-electron chi connectivity index (χ3n) is 3.98. The summed E-state index contributed by atoms with van der Waals surface area (Å²) in [5.74, 6) is -1.21. The summed E-state index contributed by atoms with van der Waals surface area (Å²) < 4.78 is 14.3. The first kappa shape index (κ1) is 19.4. The second-order valence-corrected chi connectivity index (χ2v) is 6.60. The first-order valence-corrected chi connectivity index (χ1v) is 8.53. The summed E-state index contributed by atoms with van der Waals surface area (Å²) in [4.78, 5) is 21.4. The van der Waals surface area contributed by atoms with Crippen LogP contribution in [-0.4, -0.2) is 35.1 Å². The Morgan fingerprint density at radius 3 is 2.64 bits per heavy atom. The molecule has 3 rings (SSSR count). The standard InChI is InChI=1S/C19H17ClFN5O2/c1-26(2)18-16(24-15-5-6-23-9-13(15)17(22)27)8-12(19(28)25-18)11-7-10(20)3-4-14(11)21/h3-9H,1-2H3,(H2,22,27)(H,23,24)(H,25,28). The van der Waals surface area contributed by atoms with Gasteiger partial charge in [-0.25, -0.2) is 4.39 Å². The minimum absolute atomic E-state index is 0.0932. The summed E-state index contributed by atoms with van der Waals surface area (Å²) in [6, 6.07) is 7.12. The van der Waals surface area contributed by atoms with Crippen LogP contribution < -0.4 is 16.0 Å². The van der Waals surface area contributed by atoms with Gasteiger partial charge in [-0.05, 0) is 30.3 Å². The van der Waals surface area contributed by atoms with E-state index >= 15 is 0 Å². The maximum atomic E-state index is 14.3. The number of nitrogens with two attached hydrogens (primary N) is 1. The maximum Gasteiger partial charge on any atom is 0.252 e. The Morgan fingerprint density at radius 1 is 1.21 bits per heavy atom. The van der Waals surface area contributed by atoms with E-state index in [2.05, 4.69) is 15.3 Å². The first-order valence-electron chi connectivity index (χ1n) is 8.15. The zero-order valence-corrected chi connectivity index (χ0v) is 15.8. The number of nitrogens with one attached hydrogen (secondary N) is 1. The van der Waals surface area contributed by atoms with E-state index in [-0.39, 0.29) is 22.6 Å². The lowest BCUT2D eigenvalue weighted by Crippen LogP contribution is -2.16. The van der Waals surface area contributed by atoms with Gasteiger partial charge in [-0.15, -0.1) is 0 Å². The predicted molar refractivity (Wildman–Crippen MR) is 107 cm³/mol. The molecule has 0 spiro atoms. The third kappa shape index (κ3) is 3.81. The molecule has 3 aromatic rings. The Morgan fingerprint density at radius 2 is 1.96 bits per heavy atom. The number of carbonyl (C=O) groups is 1. The van der Waals surface area contributed by atoms with E-state index < -0.39 is 11.7 Å². The molecule has 0 saturated heterocycles. The van der Waals surface area contributed by atoms with Gasteiger partial charge in [0.2, 0.25) is 5.88 Å². The van der Waals surface area contributed by atoms with Crippen LogP contribution in [0.25, 0.3) is 11.1 Å². The van der Waals surface area contributed by atoms with Gasteiger partial charge >= 0.3 is 0 Å². The Balaban J connectivity index is 2.18. The smallest absolute Gasteiger partial charge is 0.252 e. The summed E-state index contributed by atoms with van der Waals surface area (Å²) in [7, 11) is 3.46. The largest absolute Gasteiger partial charge is 0.493 e. The number of rotatable bonds is 5. The number of primary amides is 1. The molecular formula is C19H17ClFN5O2. The highest BCUT2D eigenvalue weighted by Gasteiger charge is 2.19. The molecule has 0 unspecified atom stereocenters. The molecule has 0 bridgehead atoms. The summed E-state index contributed by atoms with van der Waals surface area (Å²) in [5, 5.41) is 13.8. The van der Waals surface area contributed by atoms with Gasteiger partial charge in [0, 0.05) is 42.6 Å². The van der Waals surface area contributed by atoms with Crippen molar-refractivity contribution in [1.29, 1.82) is 0 Å². The highest BCUT2D eigenvalue weighted by molar-refractivity contribution is 6.30. The van der Waals surface area contributed by atoms with E-state index in [1.807, 2.05) is 0 Å². The lowest BCUT2D eigenvalue weighted by atomic mass is 10.1. The lowest BCUT2D eigenvalue weighted by molar-refractivity contribution is 0.100. The topological polar surface area (TPSA) is 104 Å². The molecule has 4 N–H and O–H groups in total. The van der Waals surface area contributed by atoms with Crippen molar-refractivity contribution >= 4 is 34.7 Å². The number of aromatic hydroxyl groups is 1. The first-order chi connectivity index (χ1) is 13.3. The van der Waals surface area contributed by atoms with Gasteiger partial charge in [-0.1, -0.05) is 11.6 Å². The summed E-state index contributed by atoms with van der Waals surface area (Å²) >= 11 is 5.98. The number of hydrogen-bond donors (Lipinski definition) is 3. The molecule has 0 aliphatic rings. The maximum absolute atomic E-state index is 14.3. The number of hydrogen-bond acceptors (Lipinski definition) is 6. The average molecular weight is 402 g/mol. The number of pyridine rings is 2. The quantitative estimate of drug-likeness (QED) is 0.604. The Kier molecular flexibility index (Phi) is 5.32. The zero-order chi connectivity index (χ0) is 20.4. The SMILES string of the molecule is CN(C)c1nc(O)c(-c2cc(Cl)ccc2F)cc1Nc1ccncc1C(N)=O. The zero-order valence-electron chi connectivity index (χ0n) is 15.1. The number of nitrogens with zero attached hydrogens (tertiary/aromatic N) is 3. The fourth-order valence-corrected chi connectivity index (χ4v) is 2.85. The van der Waals surface area contributed by atoms with E-state index in [9.17, 15) is 14.3 Å². The third-order valence-corrected chi connectivity index (χ3v) is 4.22. The van der Waals surface area contributed by atoms with Crippen LogP contribution in [0.1, 0.15) is 10.4 Å². The van der Waals surface area contributed by atoms with Gasteiger partial charge in [-0.3, -0.25) is 9.78 Å². The van der Waals surface area contributed by atoms with Crippen LogP contribution in [0.4, 0.5) is 21.6 Å². The Hall–Kier alpha value is -3.39. The number of carbonyl (C=O) groups excluding carboxylic acids is 1. The Labute approximate surface area is 165 Å². The van der Waals surface area contributed by atoms with Gasteiger partial charge in [-0.2, -0.15) is 4.98 Å². The van der Waals surface area contributed by atoms with E-state index in [0.717, 1.165) is 0 Å². The van der Waals surface area contributed by atoms with Gasteiger partial charge in [0.05, 0.1) is 16.9 Å². The van der Waals surface area contributed by atoms with Crippen LogP contribution in [0.3, 0.4) is 0 Å². The van der Waals surface area contributed by atoms with E-state index in [1.165, 1.54) is 36.7 Å². The monoisotopic (exact) mass is 401 g/mol. The van der Waals surface area contributed by atoms with E-state index in [1.54, 1.807) is 25.1 Å². The normalized spacial score (nSPS) is 10.6. The molecule has 144 valence electrons. The number of halogens is 2. The molecule has 0 aliphatic heterocycles. The second-order valence-electron chi connectivity index (χ2n) is 6.16. The van der Waals surface area contributed by atoms with Crippen molar-refractivity contribution in [3.8, 4) is 17.0 Å². The summed E-state index contributed by atoms with van der Waals surface area (Å²) in [5.41, 5.74) is 6.63. The minimum atomic E-state index is -0.658. The second kappa shape index (κ2) is 7.69. The molecule has 2 aromatic heterocycles. The molecule has 0 aliphatic carbocycles. The molecule has 0 fully saturated rings. The van der Waals surface area contributed by atoms with Crippen molar-refractivity contribution < 1.29 is 14.3 Å². The minimum Gasteiger partial charge on any atom is -0.493 e. The highest BCUT2D eigenvalue weighted by atomic mass is 35.5. The van der Waals surface area contributed by atoms with Crippen molar-refractivity contribution in [2.75, 3.05) is 24.3 Å². The van der Waals surface area contributed by atoms with Gasteiger partial charge in [0.25, 0.3) is 5.91 Å². The fraction of sp³-hybridized carbons (Fsp3) is 0.105. The van der Waals surface area contributed by atoms with Crippen molar-refractivity contribution in [2.45, 2.75) is 0 Å². The van der Waals surface area contributed by atoms with Crippen LogP contribution in [-0.2, 0) is 0 Å². The number of aromatic nitrogens is 2. The molecule has 2 heterocycles. The van der Waals surface area contributed by atoms with Crippen LogP contribution in [0.5, 0.6) is 5.88 Å². The number of benzene rings is 1. The molecule has 1 amide bonds. The molecule has 0 saturated carbocycles. The molecule has 1 aromatic carbocycles. The van der Waals surface area contributed by atoms with Crippen molar-refractivity contribution in [2.24, 2.45) is 5.73 Å². The highest BCUT2D eigenvalue weighted by Crippen LogP contribution is 2.38. The van der Waals surface area contributed by atoms with E-state index in [4.69, 9.17) is 17.3 Å². The van der Waals surface area contributed by atoms with Crippen molar-refractivity contribution in [3.05, 3.63) is 59.1 Å². The molecule has 0 radical (unpaired) electrons. The molecule has 7 nitrogen and oxygen atoms in total. The predicted octanol–water partition coefficient (Wildman–Crippen LogP) is 3.55. The van der Waals surface area contributed by atoms with E-state index in [0.29, 0.717) is 22.2 Å². The molecular weight excluding hydrogens is 385 g/mol. The van der Waals surface area contributed by atoms with Crippen molar-refractivity contribution in [1.82, 2.24) is 9.97 Å². The summed E-state index contributed by atoms with van der Waals surface area (Å²) in [6.07, 6.45) is 2.83. The Bertz CT molecular complexity index is 1060.